The minimum Gasteiger partial charge on any atom is -0.464 e. The van der Waals surface area contributed by atoms with E-state index in [9.17, 15) is 4.79 Å². The smallest absolute Gasteiger partial charge is 0.334 e. The second-order valence-corrected chi connectivity index (χ2v) is 3.22. The summed E-state index contributed by atoms with van der Waals surface area (Å²) in [6.07, 6.45) is 4.36. The number of aliphatic hydroxyl groups excluding tert-OH is 1. The van der Waals surface area contributed by atoms with Crippen LogP contribution in [-0.2, 0) is 9.53 Å². The lowest BCUT2D eigenvalue weighted by Gasteiger charge is -2.04. The summed E-state index contributed by atoms with van der Waals surface area (Å²) in [5.41, 5.74) is 0. The first kappa shape index (κ1) is 14.6. The molecule has 0 bridgehead atoms. The van der Waals surface area contributed by atoms with E-state index < -0.39 is 12.1 Å². The van der Waals surface area contributed by atoms with Gasteiger partial charge >= 0.3 is 5.97 Å². The van der Waals surface area contributed by atoms with Gasteiger partial charge in [-0.25, -0.2) is 4.79 Å². The number of carbonyl (C=O) groups excluding carboxylic acids is 1. The van der Waals surface area contributed by atoms with Crippen molar-refractivity contribution in [1.82, 2.24) is 4.98 Å². The van der Waals surface area contributed by atoms with Gasteiger partial charge in [-0.2, -0.15) is 0 Å². The Hall–Kier alpha value is -1.42. The van der Waals surface area contributed by atoms with E-state index >= 15 is 0 Å². The molecule has 0 aliphatic carbocycles. The molecule has 1 N–H and O–H groups in total. The third-order valence-electron chi connectivity index (χ3n) is 1.65. The van der Waals surface area contributed by atoms with Gasteiger partial charge in [0.05, 0.1) is 6.61 Å². The first-order chi connectivity index (χ1) is 7.68. The van der Waals surface area contributed by atoms with Gasteiger partial charge in [0, 0.05) is 12.4 Å². The van der Waals surface area contributed by atoms with Crippen LogP contribution in [0.4, 0.5) is 0 Å². The zero-order valence-corrected chi connectivity index (χ0v) is 9.80. The van der Waals surface area contributed by atoms with Gasteiger partial charge in [0.25, 0.3) is 0 Å². The quantitative estimate of drug-likeness (QED) is 0.627. The first-order valence-electron chi connectivity index (χ1n) is 5.38. The van der Waals surface area contributed by atoms with Gasteiger partial charge in [0.2, 0.25) is 0 Å². The minimum atomic E-state index is -0.989. The molecule has 4 heteroatoms. The molecule has 0 spiro atoms. The van der Waals surface area contributed by atoms with Gasteiger partial charge in [-0.05, 0) is 25.5 Å². The summed E-state index contributed by atoms with van der Waals surface area (Å²) in [4.78, 5) is 14.3. The first-order valence-corrected chi connectivity index (χ1v) is 5.38. The van der Waals surface area contributed by atoms with Crippen molar-refractivity contribution in [2.75, 3.05) is 6.61 Å². The predicted molar refractivity (Wildman–Crippen MR) is 61.8 cm³/mol. The number of carbonyl (C=O) groups is 1. The summed E-state index contributed by atoms with van der Waals surface area (Å²) < 4.78 is 4.65. The maximum atomic E-state index is 10.5. The molecule has 0 aliphatic rings. The van der Waals surface area contributed by atoms with E-state index in [1.165, 1.54) is 6.92 Å². The molecule has 0 saturated heterocycles. The van der Waals surface area contributed by atoms with Crippen LogP contribution >= 0.6 is 0 Å². The summed E-state index contributed by atoms with van der Waals surface area (Å²) in [5.74, 6) is -0.534. The molecule has 4 nitrogen and oxygen atoms in total. The Kier molecular flexibility index (Phi) is 9.21. The average Bonchev–Trinajstić information content (AvgIpc) is 2.32. The fourth-order valence-corrected chi connectivity index (χ4v) is 0.750. The lowest BCUT2D eigenvalue weighted by molar-refractivity contribution is -0.152. The van der Waals surface area contributed by atoms with E-state index in [1.807, 2.05) is 25.1 Å². The number of hydrogen-bond donors (Lipinski definition) is 1. The van der Waals surface area contributed by atoms with Crippen molar-refractivity contribution in [3.63, 3.8) is 0 Å². The third kappa shape index (κ3) is 9.15. The second kappa shape index (κ2) is 10.1. The lowest BCUT2D eigenvalue weighted by Crippen LogP contribution is -2.19. The highest BCUT2D eigenvalue weighted by Crippen LogP contribution is 1.91. The zero-order valence-electron chi connectivity index (χ0n) is 9.80. The van der Waals surface area contributed by atoms with Crippen molar-refractivity contribution in [2.45, 2.75) is 32.8 Å². The molecule has 1 rings (SSSR count). The summed E-state index contributed by atoms with van der Waals surface area (Å²) >= 11 is 0. The Balaban J connectivity index is 0.000000315. The molecule has 0 fully saturated rings. The van der Waals surface area contributed by atoms with Gasteiger partial charge in [0.15, 0.2) is 0 Å². The predicted octanol–water partition coefficient (Wildman–Crippen LogP) is 1.79. The molecule has 90 valence electrons. The normalized spacial score (nSPS) is 10.9. The topological polar surface area (TPSA) is 59.4 Å². The molecule has 0 aromatic carbocycles. The highest BCUT2D eigenvalue weighted by atomic mass is 16.5. The maximum absolute atomic E-state index is 10.5. The molecule has 16 heavy (non-hydrogen) atoms. The van der Waals surface area contributed by atoms with Crippen LogP contribution in [0.25, 0.3) is 0 Å². The number of aliphatic hydroxyl groups is 1. The highest BCUT2D eigenvalue weighted by molar-refractivity contribution is 5.73. The van der Waals surface area contributed by atoms with Gasteiger partial charge in [0.1, 0.15) is 6.10 Å². The third-order valence-corrected chi connectivity index (χ3v) is 1.65. The second-order valence-electron chi connectivity index (χ2n) is 3.22. The molecule has 1 atom stereocenters. The Labute approximate surface area is 96.3 Å². The van der Waals surface area contributed by atoms with Crippen LogP contribution in [0.3, 0.4) is 0 Å². The van der Waals surface area contributed by atoms with Crippen LogP contribution < -0.4 is 0 Å². The van der Waals surface area contributed by atoms with Gasteiger partial charge in [-0.15, -0.1) is 0 Å². The van der Waals surface area contributed by atoms with Crippen LogP contribution in [0.2, 0.25) is 0 Å². The number of unbranched alkanes of at least 4 members (excludes halogenated alkanes) is 1. The molecule has 0 saturated carbocycles. The van der Waals surface area contributed by atoms with E-state index in [0.717, 1.165) is 12.8 Å². The van der Waals surface area contributed by atoms with Crippen molar-refractivity contribution in [3.05, 3.63) is 30.6 Å². The summed E-state index contributed by atoms with van der Waals surface area (Å²) in [5, 5.41) is 8.65. The van der Waals surface area contributed by atoms with Crippen molar-refractivity contribution in [1.29, 1.82) is 0 Å². The van der Waals surface area contributed by atoms with Crippen LogP contribution in [-0.4, -0.2) is 28.8 Å². The van der Waals surface area contributed by atoms with Crippen LogP contribution in [0.15, 0.2) is 30.6 Å². The van der Waals surface area contributed by atoms with Crippen molar-refractivity contribution < 1.29 is 14.6 Å². The van der Waals surface area contributed by atoms with Crippen LogP contribution in [0, 0.1) is 0 Å². The Morgan fingerprint density at radius 1 is 1.38 bits per heavy atom. The zero-order chi connectivity index (χ0) is 12.2. The molecule has 1 unspecified atom stereocenters. The number of nitrogens with zero attached hydrogens (tertiary/aromatic N) is 1. The Morgan fingerprint density at radius 3 is 2.31 bits per heavy atom. The SMILES string of the molecule is CCCCOC(=O)C(C)O.c1ccncc1. The van der Waals surface area contributed by atoms with Gasteiger partial charge < -0.3 is 9.84 Å². The number of ether oxygens (including phenoxy) is 1. The van der Waals surface area contributed by atoms with E-state index in [1.54, 1.807) is 12.4 Å². The van der Waals surface area contributed by atoms with Crippen molar-refractivity contribution in [2.24, 2.45) is 0 Å². The van der Waals surface area contributed by atoms with Gasteiger partial charge in [-0.1, -0.05) is 19.4 Å². The monoisotopic (exact) mass is 225 g/mol. The largest absolute Gasteiger partial charge is 0.464 e. The minimum absolute atomic E-state index is 0.417. The maximum Gasteiger partial charge on any atom is 0.334 e. The number of pyridine rings is 1. The molecule has 0 aliphatic heterocycles. The highest BCUT2D eigenvalue weighted by Gasteiger charge is 2.08. The van der Waals surface area contributed by atoms with E-state index in [4.69, 9.17) is 5.11 Å². The van der Waals surface area contributed by atoms with E-state index in [-0.39, 0.29) is 0 Å². The lowest BCUT2D eigenvalue weighted by atomic mass is 10.3. The average molecular weight is 225 g/mol. The van der Waals surface area contributed by atoms with Crippen LogP contribution in [0.1, 0.15) is 26.7 Å². The van der Waals surface area contributed by atoms with E-state index in [2.05, 4.69) is 9.72 Å². The van der Waals surface area contributed by atoms with E-state index in [0.29, 0.717) is 6.61 Å². The fraction of sp³-hybridized carbons (Fsp3) is 0.500. The summed E-state index contributed by atoms with van der Waals surface area (Å²) in [6.45, 7) is 3.82. The van der Waals surface area contributed by atoms with Crippen molar-refractivity contribution >= 4 is 5.97 Å². The standard InChI is InChI=1S/C7H14O3.C5H5N/c1-3-4-5-10-7(9)6(2)8;1-2-4-6-5-3-1/h6,8H,3-5H2,1-2H3;1-5H. The van der Waals surface area contributed by atoms with Crippen molar-refractivity contribution in [3.8, 4) is 0 Å². The summed E-state index contributed by atoms with van der Waals surface area (Å²) in [7, 11) is 0. The molecule has 1 aromatic rings. The number of esters is 1. The number of hydrogen-bond acceptors (Lipinski definition) is 4. The number of aromatic nitrogens is 1. The summed E-state index contributed by atoms with van der Waals surface area (Å²) in [6, 6.07) is 5.72. The number of rotatable bonds is 4. The molecule has 1 aromatic heterocycles. The molecule has 0 radical (unpaired) electrons. The molecule has 0 amide bonds. The molecule has 1 heterocycles. The fourth-order valence-electron chi connectivity index (χ4n) is 0.750. The molecular weight excluding hydrogens is 206 g/mol. The Bertz CT molecular complexity index is 236. The van der Waals surface area contributed by atoms with Gasteiger partial charge in [-0.3, -0.25) is 4.98 Å². The van der Waals surface area contributed by atoms with Crippen LogP contribution in [0.5, 0.6) is 0 Å². The molecular formula is C12H19NO3. The Morgan fingerprint density at radius 2 is 2.00 bits per heavy atom.